The number of rotatable bonds is 5. The van der Waals surface area contributed by atoms with E-state index in [-0.39, 0.29) is 11.1 Å². The van der Waals surface area contributed by atoms with Gasteiger partial charge < -0.3 is 14.3 Å². The third kappa shape index (κ3) is 3.71. The smallest absolute Gasteiger partial charge is 0.261 e. The quantitative estimate of drug-likeness (QED) is 0.802. The maximum Gasteiger partial charge on any atom is 0.261 e. The van der Waals surface area contributed by atoms with Gasteiger partial charge in [0, 0.05) is 6.54 Å². The van der Waals surface area contributed by atoms with E-state index in [1.807, 2.05) is 12.1 Å². The molecule has 5 heteroatoms. The Hall–Kier alpha value is -1.50. The standard InChI is InChI=1S/C20H27NO3Si/c1-20(2,3)25(17-10-6-4-7-11-17,18-12-8-5-9-13-18)23-15-16-14-21-19(22)24-16/h4-13,16,19,21-22H,14-15H2,1-3H3/t16-,19?/m0/s1. The van der Waals surface area contributed by atoms with Crippen LogP contribution < -0.4 is 15.7 Å². The third-order valence-corrected chi connectivity index (χ3v) is 9.75. The number of hydrogen-bond donors (Lipinski definition) is 2. The molecule has 2 N–H and O–H groups in total. The highest BCUT2D eigenvalue weighted by atomic mass is 28.4. The predicted octanol–water partition coefficient (Wildman–Crippen LogP) is 1.83. The Kier molecular flexibility index (Phi) is 5.41. The van der Waals surface area contributed by atoms with Crippen molar-refractivity contribution in [1.82, 2.24) is 5.32 Å². The van der Waals surface area contributed by atoms with Gasteiger partial charge in [0.1, 0.15) is 0 Å². The van der Waals surface area contributed by atoms with Crippen molar-refractivity contribution < 1.29 is 14.3 Å². The number of benzene rings is 2. The Bertz CT molecular complexity index is 633. The van der Waals surface area contributed by atoms with E-state index < -0.39 is 14.7 Å². The Morgan fingerprint density at radius 2 is 1.56 bits per heavy atom. The molecule has 2 atom stereocenters. The van der Waals surface area contributed by atoms with E-state index in [1.54, 1.807) is 0 Å². The summed E-state index contributed by atoms with van der Waals surface area (Å²) >= 11 is 0. The Morgan fingerprint density at radius 3 is 1.96 bits per heavy atom. The first-order valence-electron chi connectivity index (χ1n) is 8.75. The molecule has 0 amide bonds. The topological polar surface area (TPSA) is 50.7 Å². The zero-order valence-electron chi connectivity index (χ0n) is 15.1. The van der Waals surface area contributed by atoms with Crippen LogP contribution in [0.4, 0.5) is 0 Å². The first kappa shape index (κ1) is 18.3. The van der Waals surface area contributed by atoms with Crippen molar-refractivity contribution in [2.75, 3.05) is 13.2 Å². The minimum Gasteiger partial charge on any atom is -0.405 e. The second kappa shape index (κ2) is 7.39. The summed E-state index contributed by atoms with van der Waals surface area (Å²) in [5, 5.41) is 14.9. The Balaban J connectivity index is 2.02. The van der Waals surface area contributed by atoms with Gasteiger partial charge in [0.2, 0.25) is 6.41 Å². The number of nitrogens with one attached hydrogen (secondary N) is 1. The van der Waals surface area contributed by atoms with E-state index in [0.717, 1.165) is 0 Å². The third-order valence-electron chi connectivity index (χ3n) is 4.74. The number of ether oxygens (including phenoxy) is 1. The van der Waals surface area contributed by atoms with Crippen LogP contribution in [0.5, 0.6) is 0 Å². The van der Waals surface area contributed by atoms with E-state index in [0.29, 0.717) is 13.2 Å². The average Bonchev–Trinajstić information content (AvgIpc) is 3.02. The second-order valence-corrected chi connectivity index (χ2v) is 11.8. The zero-order valence-corrected chi connectivity index (χ0v) is 16.1. The van der Waals surface area contributed by atoms with Crippen molar-refractivity contribution >= 4 is 18.7 Å². The largest absolute Gasteiger partial charge is 0.405 e. The molecule has 1 aliphatic heterocycles. The van der Waals surface area contributed by atoms with Crippen LogP contribution in [0.25, 0.3) is 0 Å². The highest BCUT2D eigenvalue weighted by molar-refractivity contribution is 6.99. The fourth-order valence-corrected chi connectivity index (χ4v) is 8.18. The Morgan fingerprint density at radius 1 is 1.04 bits per heavy atom. The van der Waals surface area contributed by atoms with E-state index in [4.69, 9.17) is 9.16 Å². The lowest BCUT2D eigenvalue weighted by Gasteiger charge is -2.43. The molecule has 25 heavy (non-hydrogen) atoms. The molecular weight excluding hydrogens is 330 g/mol. The highest BCUT2D eigenvalue weighted by Gasteiger charge is 2.50. The highest BCUT2D eigenvalue weighted by Crippen LogP contribution is 2.36. The minimum atomic E-state index is -2.53. The van der Waals surface area contributed by atoms with E-state index in [9.17, 15) is 5.11 Å². The van der Waals surface area contributed by atoms with Crippen molar-refractivity contribution in [2.45, 2.75) is 38.3 Å². The van der Waals surface area contributed by atoms with Gasteiger partial charge in [-0.1, -0.05) is 81.4 Å². The van der Waals surface area contributed by atoms with Crippen LogP contribution in [0.15, 0.2) is 60.7 Å². The molecule has 2 aromatic carbocycles. The van der Waals surface area contributed by atoms with Crippen LogP contribution in [-0.2, 0) is 9.16 Å². The monoisotopic (exact) mass is 357 g/mol. The molecule has 2 aromatic rings. The van der Waals surface area contributed by atoms with Crippen LogP contribution in [0.1, 0.15) is 20.8 Å². The van der Waals surface area contributed by atoms with E-state index >= 15 is 0 Å². The van der Waals surface area contributed by atoms with Crippen LogP contribution in [0.3, 0.4) is 0 Å². The van der Waals surface area contributed by atoms with Gasteiger partial charge >= 0.3 is 0 Å². The molecule has 4 nitrogen and oxygen atoms in total. The van der Waals surface area contributed by atoms with Crippen LogP contribution in [-0.4, -0.2) is 39.1 Å². The minimum absolute atomic E-state index is 0.0552. The lowest BCUT2D eigenvalue weighted by atomic mass is 10.2. The van der Waals surface area contributed by atoms with Crippen molar-refractivity contribution in [3.05, 3.63) is 60.7 Å². The normalized spacial score (nSPS) is 21.4. The average molecular weight is 358 g/mol. The molecule has 0 radical (unpaired) electrons. The summed E-state index contributed by atoms with van der Waals surface area (Å²) in [6, 6.07) is 21.1. The molecule has 1 saturated heterocycles. The second-order valence-electron chi connectivity index (χ2n) is 7.49. The predicted molar refractivity (Wildman–Crippen MR) is 102 cm³/mol. The molecule has 0 aromatic heterocycles. The number of aliphatic hydroxyl groups is 1. The summed E-state index contributed by atoms with van der Waals surface area (Å²) in [7, 11) is -2.53. The van der Waals surface area contributed by atoms with Gasteiger partial charge in [0.05, 0.1) is 12.7 Å². The molecule has 0 bridgehead atoms. The lowest BCUT2D eigenvalue weighted by molar-refractivity contribution is -0.108. The zero-order chi connectivity index (χ0) is 17.9. The van der Waals surface area contributed by atoms with Gasteiger partial charge in [-0.2, -0.15) is 0 Å². The van der Waals surface area contributed by atoms with E-state index in [2.05, 4.69) is 74.6 Å². The molecule has 1 heterocycles. The van der Waals surface area contributed by atoms with Gasteiger partial charge in [0.25, 0.3) is 8.32 Å². The molecule has 3 rings (SSSR count). The van der Waals surface area contributed by atoms with Crippen molar-refractivity contribution in [3.8, 4) is 0 Å². The summed E-state index contributed by atoms with van der Waals surface area (Å²) in [5.74, 6) is 0. The Labute approximate surface area is 150 Å². The van der Waals surface area contributed by atoms with Gasteiger partial charge in [-0.25, -0.2) is 0 Å². The van der Waals surface area contributed by atoms with Crippen molar-refractivity contribution in [3.63, 3.8) is 0 Å². The first-order valence-corrected chi connectivity index (χ1v) is 10.7. The van der Waals surface area contributed by atoms with Gasteiger partial charge in [0.15, 0.2) is 0 Å². The van der Waals surface area contributed by atoms with Crippen LogP contribution in [0.2, 0.25) is 5.04 Å². The fraction of sp³-hybridized carbons (Fsp3) is 0.400. The maximum atomic E-state index is 9.55. The lowest BCUT2D eigenvalue weighted by Crippen LogP contribution is -2.67. The summed E-state index contributed by atoms with van der Waals surface area (Å²) < 4.78 is 12.2. The molecule has 0 saturated carbocycles. The van der Waals surface area contributed by atoms with Gasteiger partial charge in [-0.3, -0.25) is 5.32 Å². The van der Waals surface area contributed by atoms with Crippen molar-refractivity contribution in [2.24, 2.45) is 0 Å². The van der Waals surface area contributed by atoms with E-state index in [1.165, 1.54) is 10.4 Å². The van der Waals surface area contributed by atoms with Crippen molar-refractivity contribution in [1.29, 1.82) is 0 Å². The molecule has 1 aliphatic rings. The summed E-state index contributed by atoms with van der Waals surface area (Å²) in [6.07, 6.45) is -1.04. The number of hydrogen-bond acceptors (Lipinski definition) is 4. The SMILES string of the molecule is CC(C)(C)[Si](OC[C@@H]1CNC(O)O1)(c1ccccc1)c1ccccc1. The number of aliphatic hydroxyl groups excluding tert-OH is 1. The van der Waals surface area contributed by atoms with Gasteiger partial charge in [-0.15, -0.1) is 0 Å². The summed E-state index contributed by atoms with van der Waals surface area (Å²) in [6.45, 7) is 7.81. The van der Waals surface area contributed by atoms with Gasteiger partial charge in [-0.05, 0) is 15.4 Å². The summed E-state index contributed by atoms with van der Waals surface area (Å²) in [4.78, 5) is 0. The molecule has 134 valence electrons. The maximum absolute atomic E-state index is 9.55. The summed E-state index contributed by atoms with van der Waals surface area (Å²) in [5.41, 5.74) is 0. The first-order chi connectivity index (χ1) is 11.9. The van der Waals surface area contributed by atoms with Crippen LogP contribution >= 0.6 is 0 Å². The fourth-order valence-electron chi connectivity index (χ4n) is 3.59. The molecule has 1 unspecified atom stereocenters. The molecule has 1 fully saturated rings. The molecule has 0 spiro atoms. The molecule has 0 aliphatic carbocycles. The molecular formula is C20H27NO3Si. The van der Waals surface area contributed by atoms with Crippen LogP contribution in [0, 0.1) is 0 Å².